The summed E-state index contributed by atoms with van der Waals surface area (Å²) in [6, 6.07) is 8.74. The summed E-state index contributed by atoms with van der Waals surface area (Å²) >= 11 is 0. The first kappa shape index (κ1) is 32.3. The molecule has 0 radical (unpaired) electrons. The third kappa shape index (κ3) is 9.69. The number of carbonyl (C=O) groups is 2. The maximum atomic E-state index is 13.0. The van der Waals surface area contributed by atoms with Crippen molar-refractivity contribution in [1.82, 2.24) is 9.80 Å². The number of carbonyl (C=O) groups excluding carboxylic acids is 2. The highest BCUT2D eigenvalue weighted by molar-refractivity contribution is 5.91. The summed E-state index contributed by atoms with van der Waals surface area (Å²) in [6.07, 6.45) is 2.91. The van der Waals surface area contributed by atoms with Crippen LogP contribution in [-0.4, -0.2) is 101 Å². The molecule has 2 aromatic carbocycles. The summed E-state index contributed by atoms with van der Waals surface area (Å²) in [7, 11) is 2.97. The molecular weight excluding hydrogens is 566 g/mol. The quantitative estimate of drug-likeness (QED) is 0.433. The molecule has 0 aromatic heterocycles. The van der Waals surface area contributed by atoms with Crippen LogP contribution in [-0.2, 0) is 9.47 Å². The summed E-state index contributed by atoms with van der Waals surface area (Å²) in [6.45, 7) is 2.77. The van der Waals surface area contributed by atoms with Crippen molar-refractivity contribution in [2.75, 3.05) is 66.7 Å². The zero-order valence-corrected chi connectivity index (χ0v) is 24.7. The lowest BCUT2D eigenvalue weighted by molar-refractivity contribution is -0.0499. The van der Waals surface area contributed by atoms with Gasteiger partial charge in [0.25, 0.3) is 0 Å². The Morgan fingerprint density at radius 2 is 1.63 bits per heavy atom. The predicted molar refractivity (Wildman–Crippen MR) is 154 cm³/mol. The molecule has 0 N–H and O–H groups in total. The van der Waals surface area contributed by atoms with Crippen molar-refractivity contribution in [3.05, 3.63) is 47.5 Å². The third-order valence-corrected chi connectivity index (χ3v) is 7.48. The Hall–Kier alpha value is -3.64. The van der Waals surface area contributed by atoms with Crippen molar-refractivity contribution in [1.29, 1.82) is 0 Å². The van der Waals surface area contributed by atoms with E-state index in [1.54, 1.807) is 12.1 Å². The fourth-order valence-electron chi connectivity index (χ4n) is 5.26. The molecule has 236 valence electrons. The first-order valence-electron chi connectivity index (χ1n) is 14.6. The first-order chi connectivity index (χ1) is 20.9. The molecule has 1 fully saturated rings. The van der Waals surface area contributed by atoms with E-state index < -0.39 is 24.7 Å². The van der Waals surface area contributed by atoms with Crippen LogP contribution in [0.2, 0.25) is 0 Å². The van der Waals surface area contributed by atoms with Gasteiger partial charge < -0.3 is 38.2 Å². The van der Waals surface area contributed by atoms with Gasteiger partial charge in [0.1, 0.15) is 11.9 Å². The van der Waals surface area contributed by atoms with Crippen LogP contribution in [0.3, 0.4) is 0 Å². The van der Waals surface area contributed by atoms with Gasteiger partial charge in [-0.3, -0.25) is 0 Å². The summed E-state index contributed by atoms with van der Waals surface area (Å²) in [4.78, 5) is 30.6. The van der Waals surface area contributed by atoms with E-state index in [1.807, 2.05) is 0 Å². The highest BCUT2D eigenvalue weighted by Gasteiger charge is 2.22. The molecule has 0 amide bonds. The SMILES string of the molecule is COc1cc2cc(c1OC)OCCCC(OC(=O)c1cccc(OC(F)F)c1)CCN1CCCN(CCCOC2=O)CC1. The monoisotopic (exact) mass is 606 g/mol. The molecule has 43 heavy (non-hydrogen) atoms. The average molecular weight is 607 g/mol. The Labute approximate surface area is 250 Å². The van der Waals surface area contributed by atoms with Crippen molar-refractivity contribution in [2.45, 2.75) is 44.8 Å². The minimum atomic E-state index is -2.99. The van der Waals surface area contributed by atoms with E-state index in [0.29, 0.717) is 55.1 Å². The molecule has 12 heteroatoms. The van der Waals surface area contributed by atoms with E-state index in [1.165, 1.54) is 38.5 Å². The van der Waals surface area contributed by atoms with Gasteiger partial charge in [-0.15, -0.1) is 0 Å². The van der Waals surface area contributed by atoms with Gasteiger partial charge in [-0.25, -0.2) is 9.59 Å². The molecule has 4 bridgehead atoms. The Morgan fingerprint density at radius 1 is 0.884 bits per heavy atom. The number of ether oxygens (including phenoxy) is 6. The van der Waals surface area contributed by atoms with Crippen LogP contribution in [0.5, 0.6) is 23.0 Å². The maximum Gasteiger partial charge on any atom is 0.387 e. The van der Waals surface area contributed by atoms with Crippen molar-refractivity contribution in [2.24, 2.45) is 0 Å². The van der Waals surface area contributed by atoms with Crippen molar-refractivity contribution >= 4 is 11.9 Å². The van der Waals surface area contributed by atoms with Crippen LogP contribution >= 0.6 is 0 Å². The Balaban J connectivity index is 1.51. The van der Waals surface area contributed by atoms with Gasteiger partial charge in [0, 0.05) is 26.2 Å². The maximum absolute atomic E-state index is 13.0. The summed E-state index contributed by atoms with van der Waals surface area (Å²) < 4.78 is 58.2. The largest absolute Gasteiger partial charge is 0.493 e. The molecule has 0 saturated carbocycles. The lowest BCUT2D eigenvalue weighted by atomic mass is 10.1. The van der Waals surface area contributed by atoms with E-state index in [4.69, 9.17) is 23.7 Å². The molecule has 3 atom stereocenters. The van der Waals surface area contributed by atoms with E-state index in [9.17, 15) is 18.4 Å². The van der Waals surface area contributed by atoms with E-state index in [-0.39, 0.29) is 17.9 Å². The zero-order chi connectivity index (χ0) is 30.6. The molecular formula is C31H40F2N2O8. The van der Waals surface area contributed by atoms with Gasteiger partial charge >= 0.3 is 18.6 Å². The smallest absolute Gasteiger partial charge is 0.387 e. The molecule has 3 unspecified atom stereocenters. The number of halogens is 2. The van der Waals surface area contributed by atoms with Crippen LogP contribution in [0, 0.1) is 0 Å². The fraction of sp³-hybridized carbons (Fsp3) is 0.548. The Bertz CT molecular complexity index is 1210. The summed E-state index contributed by atoms with van der Waals surface area (Å²) in [5, 5.41) is 0. The van der Waals surface area contributed by atoms with Gasteiger partial charge in [0.15, 0.2) is 11.5 Å². The van der Waals surface area contributed by atoms with Crippen LogP contribution in [0.25, 0.3) is 0 Å². The lowest BCUT2D eigenvalue weighted by Crippen LogP contribution is -2.34. The van der Waals surface area contributed by atoms with Crippen molar-refractivity contribution < 1.29 is 46.8 Å². The Kier molecular flexibility index (Phi) is 12.2. The number of esters is 2. The molecule has 2 aliphatic heterocycles. The number of hydrogen-bond acceptors (Lipinski definition) is 10. The van der Waals surface area contributed by atoms with E-state index in [0.717, 1.165) is 45.7 Å². The second kappa shape index (κ2) is 16.3. The standard InChI is InChI=1S/C31H40F2N2O8/c1-38-26-20-23-21-27(28(26)39-2)40-17-4-9-24(42-30(37)22-7-3-8-25(19-22)43-31(32)33)10-14-35-12-5-11-34(15-16-35)13-6-18-41-29(23)36/h3,7-8,19-21,24,31H,4-6,9-18H2,1-2H3. The second-order valence-corrected chi connectivity index (χ2v) is 10.4. The number of benzene rings is 2. The predicted octanol–water partition coefficient (Wildman–Crippen LogP) is 4.65. The number of rotatable bonds is 6. The topological polar surface area (TPSA) is 96.0 Å². The number of alkyl halides is 2. The van der Waals surface area contributed by atoms with Crippen molar-refractivity contribution in [3.63, 3.8) is 0 Å². The van der Waals surface area contributed by atoms with Gasteiger partial charge in [-0.2, -0.15) is 8.78 Å². The van der Waals surface area contributed by atoms with E-state index in [2.05, 4.69) is 14.5 Å². The molecule has 2 heterocycles. The molecule has 0 aliphatic carbocycles. The lowest BCUT2D eigenvalue weighted by Gasteiger charge is -2.24. The van der Waals surface area contributed by atoms with Crippen LogP contribution in [0.4, 0.5) is 8.78 Å². The first-order valence-corrected chi connectivity index (χ1v) is 14.6. The number of hydrogen-bond donors (Lipinski definition) is 0. The van der Waals surface area contributed by atoms with E-state index >= 15 is 0 Å². The highest BCUT2D eigenvalue weighted by atomic mass is 19.3. The minimum absolute atomic E-state index is 0.108. The highest BCUT2D eigenvalue weighted by Crippen LogP contribution is 2.39. The zero-order valence-electron chi connectivity index (χ0n) is 24.7. The van der Waals surface area contributed by atoms with Crippen LogP contribution in [0.1, 0.15) is 52.8 Å². The number of nitrogens with zero attached hydrogens (tertiary/aromatic N) is 2. The second-order valence-electron chi connectivity index (χ2n) is 10.4. The van der Waals surface area contributed by atoms with Gasteiger partial charge in [-0.1, -0.05) is 6.07 Å². The molecule has 2 aromatic rings. The van der Waals surface area contributed by atoms with Gasteiger partial charge in [-0.05, 0) is 75.5 Å². The van der Waals surface area contributed by atoms with Gasteiger partial charge in [0.05, 0.1) is 38.6 Å². The fourth-order valence-corrected chi connectivity index (χ4v) is 5.26. The summed E-state index contributed by atoms with van der Waals surface area (Å²) in [5.41, 5.74) is 0.428. The minimum Gasteiger partial charge on any atom is -0.493 e. The third-order valence-electron chi connectivity index (χ3n) is 7.48. The summed E-state index contributed by atoms with van der Waals surface area (Å²) in [5.74, 6) is -0.154. The van der Waals surface area contributed by atoms with Crippen LogP contribution in [0.15, 0.2) is 36.4 Å². The van der Waals surface area contributed by atoms with Gasteiger partial charge in [0.2, 0.25) is 5.75 Å². The molecule has 1 saturated heterocycles. The number of fused-ring (bicyclic) bond motifs is 5. The Morgan fingerprint density at radius 3 is 2.37 bits per heavy atom. The number of cyclic esters (lactones) is 1. The molecule has 10 nitrogen and oxygen atoms in total. The average Bonchev–Trinajstić information content (AvgIpc) is 3.23. The molecule has 0 spiro atoms. The molecule has 2 aliphatic rings. The molecule has 4 rings (SSSR count). The number of methoxy groups -OCH3 is 2. The van der Waals surface area contributed by atoms with Crippen molar-refractivity contribution in [3.8, 4) is 23.0 Å². The van der Waals surface area contributed by atoms with Crippen LogP contribution < -0.4 is 18.9 Å². The normalized spacial score (nSPS) is 22.2.